The number of sulfone groups is 1. The predicted molar refractivity (Wildman–Crippen MR) is 78.5 cm³/mol. The van der Waals surface area contributed by atoms with Crippen LogP contribution in [-0.2, 0) is 9.84 Å². The SMILES string of the molecule is CC(c1nc(-c2ccc(Br)cc2)cs1)S(C)(=O)=O. The molecule has 0 spiro atoms. The maximum Gasteiger partial charge on any atom is 0.156 e. The average molecular weight is 346 g/mol. The van der Waals surface area contributed by atoms with E-state index in [1.807, 2.05) is 29.6 Å². The number of hydrogen-bond acceptors (Lipinski definition) is 4. The van der Waals surface area contributed by atoms with Gasteiger partial charge in [0.1, 0.15) is 10.3 Å². The fourth-order valence-electron chi connectivity index (χ4n) is 1.41. The summed E-state index contributed by atoms with van der Waals surface area (Å²) in [6.45, 7) is 1.67. The van der Waals surface area contributed by atoms with E-state index in [1.54, 1.807) is 6.92 Å². The van der Waals surface area contributed by atoms with Crippen molar-refractivity contribution < 1.29 is 8.42 Å². The molecule has 1 atom stereocenters. The number of rotatable bonds is 3. The molecule has 96 valence electrons. The van der Waals surface area contributed by atoms with Crippen LogP contribution in [0.5, 0.6) is 0 Å². The van der Waals surface area contributed by atoms with Crippen LogP contribution in [0.4, 0.5) is 0 Å². The fourth-order valence-corrected chi connectivity index (χ4v) is 3.55. The van der Waals surface area contributed by atoms with Gasteiger partial charge >= 0.3 is 0 Å². The number of aromatic nitrogens is 1. The van der Waals surface area contributed by atoms with Gasteiger partial charge in [0.25, 0.3) is 0 Å². The van der Waals surface area contributed by atoms with Crippen molar-refractivity contribution in [1.29, 1.82) is 0 Å². The Morgan fingerprint density at radius 1 is 1.28 bits per heavy atom. The first-order chi connectivity index (χ1) is 8.38. The molecule has 0 aliphatic heterocycles. The van der Waals surface area contributed by atoms with Crippen LogP contribution < -0.4 is 0 Å². The molecule has 0 amide bonds. The normalized spacial score (nSPS) is 13.5. The van der Waals surface area contributed by atoms with Crippen LogP contribution in [0.2, 0.25) is 0 Å². The second-order valence-electron chi connectivity index (χ2n) is 4.05. The van der Waals surface area contributed by atoms with E-state index in [0.29, 0.717) is 5.01 Å². The van der Waals surface area contributed by atoms with Gasteiger partial charge in [-0.25, -0.2) is 13.4 Å². The summed E-state index contributed by atoms with van der Waals surface area (Å²) in [5.74, 6) is 0. The molecule has 0 N–H and O–H groups in total. The zero-order valence-corrected chi connectivity index (χ0v) is 13.1. The Kier molecular flexibility index (Phi) is 3.89. The van der Waals surface area contributed by atoms with Crippen molar-refractivity contribution in [3.05, 3.63) is 39.1 Å². The summed E-state index contributed by atoms with van der Waals surface area (Å²) in [6, 6.07) is 7.78. The van der Waals surface area contributed by atoms with Gasteiger partial charge in [-0.3, -0.25) is 0 Å². The van der Waals surface area contributed by atoms with Crippen molar-refractivity contribution in [3.8, 4) is 11.3 Å². The Hall–Kier alpha value is -0.720. The second kappa shape index (κ2) is 5.11. The van der Waals surface area contributed by atoms with E-state index in [2.05, 4.69) is 20.9 Å². The molecule has 0 bridgehead atoms. The van der Waals surface area contributed by atoms with Crippen LogP contribution in [0.1, 0.15) is 17.2 Å². The van der Waals surface area contributed by atoms with Crippen LogP contribution >= 0.6 is 27.3 Å². The van der Waals surface area contributed by atoms with Gasteiger partial charge in [-0.15, -0.1) is 11.3 Å². The standard InChI is InChI=1S/C12H12BrNO2S2/c1-8(18(2,15)16)12-14-11(7-17-12)9-3-5-10(13)6-4-9/h3-8H,1-2H3. The van der Waals surface area contributed by atoms with Gasteiger partial charge in [-0.1, -0.05) is 28.1 Å². The van der Waals surface area contributed by atoms with Crippen molar-refractivity contribution in [3.63, 3.8) is 0 Å². The summed E-state index contributed by atoms with van der Waals surface area (Å²) in [7, 11) is -3.09. The van der Waals surface area contributed by atoms with Gasteiger partial charge in [0.15, 0.2) is 9.84 Å². The first-order valence-electron chi connectivity index (χ1n) is 5.28. The molecule has 2 aromatic rings. The van der Waals surface area contributed by atoms with Crippen molar-refractivity contribution in [1.82, 2.24) is 4.98 Å². The van der Waals surface area contributed by atoms with E-state index >= 15 is 0 Å². The quantitative estimate of drug-likeness (QED) is 0.852. The highest BCUT2D eigenvalue weighted by atomic mass is 79.9. The molecule has 0 fully saturated rings. The summed E-state index contributed by atoms with van der Waals surface area (Å²) in [4.78, 5) is 4.40. The lowest BCUT2D eigenvalue weighted by molar-refractivity contribution is 0.592. The summed E-state index contributed by atoms with van der Waals surface area (Å²) in [6.07, 6.45) is 1.23. The number of nitrogens with zero attached hydrogens (tertiary/aromatic N) is 1. The minimum Gasteiger partial charge on any atom is -0.240 e. The molecular weight excluding hydrogens is 334 g/mol. The molecule has 1 aromatic carbocycles. The Labute approximate surface area is 119 Å². The highest BCUT2D eigenvalue weighted by molar-refractivity contribution is 9.10. The van der Waals surface area contributed by atoms with Gasteiger partial charge in [0.05, 0.1) is 5.69 Å². The minimum atomic E-state index is -3.09. The molecule has 0 saturated heterocycles. The van der Waals surface area contributed by atoms with Gasteiger partial charge in [0, 0.05) is 21.7 Å². The predicted octanol–water partition coefficient (Wildman–Crippen LogP) is 3.68. The molecular formula is C12H12BrNO2S2. The van der Waals surface area contributed by atoms with Gasteiger partial charge in [-0.05, 0) is 19.1 Å². The maximum atomic E-state index is 11.5. The number of halogens is 1. The van der Waals surface area contributed by atoms with Crippen molar-refractivity contribution in [2.24, 2.45) is 0 Å². The van der Waals surface area contributed by atoms with Crippen LogP contribution in [-0.4, -0.2) is 19.7 Å². The van der Waals surface area contributed by atoms with Crippen molar-refractivity contribution in [2.75, 3.05) is 6.26 Å². The van der Waals surface area contributed by atoms with Gasteiger partial charge < -0.3 is 0 Å². The molecule has 1 unspecified atom stereocenters. The number of thiazole rings is 1. The Bertz CT molecular complexity index is 647. The molecule has 0 radical (unpaired) electrons. The zero-order valence-electron chi connectivity index (χ0n) is 9.92. The van der Waals surface area contributed by atoms with E-state index < -0.39 is 15.1 Å². The Morgan fingerprint density at radius 3 is 2.44 bits per heavy atom. The lowest BCUT2D eigenvalue weighted by atomic mass is 10.2. The number of hydrogen-bond donors (Lipinski definition) is 0. The average Bonchev–Trinajstić information content (AvgIpc) is 2.77. The molecule has 0 aliphatic carbocycles. The third-order valence-corrected chi connectivity index (χ3v) is 5.86. The van der Waals surface area contributed by atoms with E-state index in [-0.39, 0.29) is 0 Å². The lowest BCUT2D eigenvalue weighted by Gasteiger charge is -2.04. The minimum absolute atomic E-state index is 0.549. The van der Waals surface area contributed by atoms with Crippen LogP contribution in [0.3, 0.4) is 0 Å². The molecule has 2 rings (SSSR count). The fraction of sp³-hybridized carbons (Fsp3) is 0.250. The highest BCUT2D eigenvalue weighted by Gasteiger charge is 2.20. The van der Waals surface area contributed by atoms with E-state index in [4.69, 9.17) is 0 Å². The van der Waals surface area contributed by atoms with Crippen LogP contribution in [0.25, 0.3) is 11.3 Å². The number of benzene rings is 1. The topological polar surface area (TPSA) is 47.0 Å². The van der Waals surface area contributed by atoms with Crippen molar-refractivity contribution >= 4 is 37.1 Å². The van der Waals surface area contributed by atoms with Crippen LogP contribution in [0.15, 0.2) is 34.1 Å². The third-order valence-electron chi connectivity index (χ3n) is 2.65. The second-order valence-corrected chi connectivity index (χ2v) is 8.22. The van der Waals surface area contributed by atoms with E-state index in [9.17, 15) is 8.42 Å². The highest BCUT2D eigenvalue weighted by Crippen LogP contribution is 2.29. The third kappa shape index (κ3) is 2.99. The van der Waals surface area contributed by atoms with E-state index in [0.717, 1.165) is 15.7 Å². The molecule has 1 aromatic heterocycles. The summed E-state index contributed by atoms with van der Waals surface area (Å²) < 4.78 is 24.0. The molecule has 3 nitrogen and oxygen atoms in total. The molecule has 6 heteroatoms. The molecule has 0 saturated carbocycles. The summed E-state index contributed by atoms with van der Waals surface area (Å²) in [5.41, 5.74) is 1.81. The largest absolute Gasteiger partial charge is 0.240 e. The summed E-state index contributed by atoms with van der Waals surface area (Å²) in [5, 5.41) is 1.97. The summed E-state index contributed by atoms with van der Waals surface area (Å²) >= 11 is 4.76. The van der Waals surface area contributed by atoms with E-state index in [1.165, 1.54) is 17.6 Å². The maximum absolute atomic E-state index is 11.5. The Morgan fingerprint density at radius 2 is 1.89 bits per heavy atom. The Balaban J connectivity index is 2.34. The zero-order chi connectivity index (χ0) is 13.3. The van der Waals surface area contributed by atoms with Crippen LogP contribution in [0, 0.1) is 0 Å². The van der Waals surface area contributed by atoms with Crippen molar-refractivity contribution in [2.45, 2.75) is 12.2 Å². The lowest BCUT2D eigenvalue weighted by Crippen LogP contribution is -2.07. The first kappa shape index (κ1) is 13.7. The van der Waals surface area contributed by atoms with Gasteiger partial charge in [-0.2, -0.15) is 0 Å². The molecule has 18 heavy (non-hydrogen) atoms. The first-order valence-corrected chi connectivity index (χ1v) is 8.91. The smallest absolute Gasteiger partial charge is 0.156 e. The molecule has 1 heterocycles. The monoisotopic (exact) mass is 345 g/mol. The van der Waals surface area contributed by atoms with Gasteiger partial charge in [0.2, 0.25) is 0 Å². The molecule has 0 aliphatic rings.